The van der Waals surface area contributed by atoms with E-state index in [1.54, 1.807) is 18.2 Å². The number of hydrogen-bond donors (Lipinski definition) is 1. The fourth-order valence-electron chi connectivity index (χ4n) is 2.39. The van der Waals surface area contributed by atoms with Crippen LogP contribution >= 0.6 is 0 Å². The van der Waals surface area contributed by atoms with Gasteiger partial charge in [0, 0.05) is 0 Å². The van der Waals surface area contributed by atoms with Crippen molar-refractivity contribution < 1.29 is 19.0 Å². The lowest BCUT2D eigenvalue weighted by molar-refractivity contribution is 0.0696. The average Bonchev–Trinajstić information content (AvgIpc) is 2.60. The fraction of sp³-hybridized carbons (Fsp3) is 0.0500. The molecule has 0 atom stereocenters. The highest BCUT2D eigenvalue weighted by molar-refractivity contribution is 5.89. The number of carboxylic acid groups (broad SMARTS) is 1. The Morgan fingerprint density at radius 3 is 2.46 bits per heavy atom. The largest absolute Gasteiger partial charge is 0.489 e. The molecular formula is C20H15FO3. The molecule has 24 heavy (non-hydrogen) atoms. The number of hydrogen-bond acceptors (Lipinski definition) is 2. The summed E-state index contributed by atoms with van der Waals surface area (Å²) in [4.78, 5) is 11.1. The minimum Gasteiger partial charge on any atom is -0.489 e. The minimum absolute atomic E-state index is 0.0828. The Labute approximate surface area is 139 Å². The van der Waals surface area contributed by atoms with E-state index in [0.717, 1.165) is 11.6 Å². The third-order valence-electron chi connectivity index (χ3n) is 3.56. The molecule has 3 aromatic rings. The maximum Gasteiger partial charge on any atom is 0.335 e. The van der Waals surface area contributed by atoms with Crippen LogP contribution in [0.2, 0.25) is 0 Å². The first-order chi connectivity index (χ1) is 11.6. The zero-order valence-electron chi connectivity index (χ0n) is 12.8. The molecule has 0 aliphatic heterocycles. The molecule has 0 spiro atoms. The van der Waals surface area contributed by atoms with Gasteiger partial charge in [-0.1, -0.05) is 42.5 Å². The zero-order chi connectivity index (χ0) is 16.9. The summed E-state index contributed by atoms with van der Waals surface area (Å²) >= 11 is 0. The van der Waals surface area contributed by atoms with Crippen LogP contribution in [0.3, 0.4) is 0 Å². The summed E-state index contributed by atoms with van der Waals surface area (Å²) in [6, 6.07) is 20.7. The van der Waals surface area contributed by atoms with Crippen LogP contribution in [0.4, 0.5) is 4.39 Å². The number of aromatic carboxylic acids is 1. The molecule has 0 aliphatic carbocycles. The normalized spacial score (nSPS) is 10.4. The van der Waals surface area contributed by atoms with Crippen LogP contribution in [0.15, 0.2) is 72.8 Å². The van der Waals surface area contributed by atoms with Crippen LogP contribution in [-0.4, -0.2) is 11.1 Å². The first-order valence-corrected chi connectivity index (χ1v) is 7.43. The van der Waals surface area contributed by atoms with Gasteiger partial charge in [-0.2, -0.15) is 0 Å². The van der Waals surface area contributed by atoms with Crippen molar-refractivity contribution in [1.82, 2.24) is 0 Å². The molecule has 3 aromatic carbocycles. The van der Waals surface area contributed by atoms with Crippen molar-refractivity contribution in [3.8, 4) is 16.9 Å². The van der Waals surface area contributed by atoms with E-state index >= 15 is 0 Å². The van der Waals surface area contributed by atoms with Gasteiger partial charge in [-0.05, 0) is 47.0 Å². The number of halogens is 1. The summed E-state index contributed by atoms with van der Waals surface area (Å²) in [5.41, 5.74) is 2.16. The van der Waals surface area contributed by atoms with Gasteiger partial charge in [0.1, 0.15) is 18.2 Å². The average molecular weight is 322 g/mol. The number of rotatable bonds is 5. The van der Waals surface area contributed by atoms with E-state index < -0.39 is 11.8 Å². The maximum atomic E-state index is 13.6. The van der Waals surface area contributed by atoms with Crippen molar-refractivity contribution in [3.05, 3.63) is 89.7 Å². The van der Waals surface area contributed by atoms with Crippen molar-refractivity contribution in [2.75, 3.05) is 0 Å². The summed E-state index contributed by atoms with van der Waals surface area (Å²) in [6.07, 6.45) is 0. The van der Waals surface area contributed by atoms with Gasteiger partial charge in [-0.25, -0.2) is 9.18 Å². The van der Waals surface area contributed by atoms with E-state index in [4.69, 9.17) is 9.84 Å². The Balaban J connectivity index is 1.84. The highest BCUT2D eigenvalue weighted by Crippen LogP contribution is 2.26. The van der Waals surface area contributed by atoms with E-state index in [2.05, 4.69) is 0 Å². The highest BCUT2D eigenvalue weighted by Gasteiger charge is 2.09. The van der Waals surface area contributed by atoms with Crippen molar-refractivity contribution in [2.24, 2.45) is 0 Å². The van der Waals surface area contributed by atoms with Gasteiger partial charge >= 0.3 is 5.97 Å². The number of carboxylic acids is 1. The standard InChI is InChI=1S/C20H15FO3/c21-18-10-16(9-17(11-18)20(22)23)15-7-4-8-19(12-15)24-13-14-5-2-1-3-6-14/h1-12H,13H2,(H,22,23). The molecule has 0 fully saturated rings. The second kappa shape index (κ2) is 6.96. The molecule has 3 rings (SSSR count). The Kier molecular flexibility index (Phi) is 4.57. The summed E-state index contributed by atoms with van der Waals surface area (Å²) < 4.78 is 19.4. The van der Waals surface area contributed by atoms with Crippen LogP contribution < -0.4 is 4.74 Å². The molecule has 3 nitrogen and oxygen atoms in total. The molecule has 0 unspecified atom stereocenters. The van der Waals surface area contributed by atoms with Gasteiger partial charge < -0.3 is 9.84 Å². The molecule has 0 saturated heterocycles. The molecule has 0 amide bonds. The maximum absolute atomic E-state index is 13.6. The number of benzene rings is 3. The van der Waals surface area contributed by atoms with Gasteiger partial charge in [0.2, 0.25) is 0 Å². The Morgan fingerprint density at radius 2 is 1.71 bits per heavy atom. The van der Waals surface area contributed by atoms with Crippen LogP contribution in [0, 0.1) is 5.82 Å². The van der Waals surface area contributed by atoms with E-state index in [9.17, 15) is 9.18 Å². The molecule has 120 valence electrons. The SMILES string of the molecule is O=C(O)c1cc(F)cc(-c2cccc(OCc3ccccc3)c2)c1. The molecular weight excluding hydrogens is 307 g/mol. The van der Waals surface area contributed by atoms with Crippen LogP contribution in [0.5, 0.6) is 5.75 Å². The quantitative estimate of drug-likeness (QED) is 0.736. The van der Waals surface area contributed by atoms with E-state index in [-0.39, 0.29) is 5.56 Å². The molecule has 0 heterocycles. The Morgan fingerprint density at radius 1 is 0.917 bits per heavy atom. The first kappa shape index (κ1) is 15.7. The number of carbonyl (C=O) groups is 1. The van der Waals surface area contributed by atoms with Gasteiger partial charge in [-0.15, -0.1) is 0 Å². The van der Waals surface area contributed by atoms with Crippen molar-refractivity contribution in [2.45, 2.75) is 6.61 Å². The zero-order valence-corrected chi connectivity index (χ0v) is 12.8. The summed E-state index contributed by atoms with van der Waals surface area (Å²) in [6.45, 7) is 0.424. The van der Waals surface area contributed by atoms with Crippen LogP contribution in [0.1, 0.15) is 15.9 Å². The van der Waals surface area contributed by atoms with Crippen LogP contribution in [-0.2, 0) is 6.61 Å². The molecule has 1 N–H and O–H groups in total. The topological polar surface area (TPSA) is 46.5 Å². The van der Waals surface area contributed by atoms with Crippen molar-refractivity contribution >= 4 is 5.97 Å². The monoisotopic (exact) mass is 322 g/mol. The summed E-state index contributed by atoms with van der Waals surface area (Å²) in [7, 11) is 0. The predicted molar refractivity (Wildman–Crippen MR) is 89.6 cm³/mol. The van der Waals surface area contributed by atoms with Crippen molar-refractivity contribution in [1.29, 1.82) is 0 Å². The summed E-state index contributed by atoms with van der Waals surface area (Å²) in [5, 5.41) is 9.05. The molecule has 0 aromatic heterocycles. The van der Waals surface area contributed by atoms with E-state index in [1.165, 1.54) is 12.1 Å². The van der Waals surface area contributed by atoms with Gasteiger partial charge in [-0.3, -0.25) is 0 Å². The third-order valence-corrected chi connectivity index (χ3v) is 3.56. The summed E-state index contributed by atoms with van der Waals surface area (Å²) in [5.74, 6) is -1.11. The van der Waals surface area contributed by atoms with Crippen LogP contribution in [0.25, 0.3) is 11.1 Å². The predicted octanol–water partition coefficient (Wildman–Crippen LogP) is 4.77. The lowest BCUT2D eigenvalue weighted by Crippen LogP contribution is -1.98. The number of ether oxygens (including phenoxy) is 1. The minimum atomic E-state index is -1.16. The molecule has 0 bridgehead atoms. The second-order valence-corrected chi connectivity index (χ2v) is 5.34. The Bertz CT molecular complexity index is 860. The smallest absolute Gasteiger partial charge is 0.335 e. The molecule has 4 heteroatoms. The second-order valence-electron chi connectivity index (χ2n) is 5.34. The van der Waals surface area contributed by atoms with Crippen molar-refractivity contribution in [3.63, 3.8) is 0 Å². The molecule has 0 radical (unpaired) electrons. The van der Waals surface area contributed by atoms with E-state index in [1.807, 2.05) is 36.4 Å². The highest BCUT2D eigenvalue weighted by atomic mass is 19.1. The van der Waals surface area contributed by atoms with Gasteiger partial charge in [0.25, 0.3) is 0 Å². The fourth-order valence-corrected chi connectivity index (χ4v) is 2.39. The molecule has 0 aliphatic rings. The first-order valence-electron chi connectivity index (χ1n) is 7.43. The lowest BCUT2D eigenvalue weighted by atomic mass is 10.0. The molecule has 0 saturated carbocycles. The Hall–Kier alpha value is -3.14. The third kappa shape index (κ3) is 3.79. The lowest BCUT2D eigenvalue weighted by Gasteiger charge is -2.09. The van der Waals surface area contributed by atoms with E-state index in [0.29, 0.717) is 23.5 Å². The van der Waals surface area contributed by atoms with Gasteiger partial charge in [0.15, 0.2) is 0 Å². The van der Waals surface area contributed by atoms with Gasteiger partial charge in [0.05, 0.1) is 5.56 Å².